The first-order valence-corrected chi connectivity index (χ1v) is 6.81. The Kier molecular flexibility index (Phi) is 4.37. The third kappa shape index (κ3) is 2.91. The molecule has 1 aliphatic rings. The molecule has 18 heavy (non-hydrogen) atoms. The van der Waals surface area contributed by atoms with Gasteiger partial charge in [0, 0.05) is 24.7 Å². The lowest BCUT2D eigenvalue weighted by molar-refractivity contribution is 0.263. The average Bonchev–Trinajstić information content (AvgIpc) is 2.60. The highest BCUT2D eigenvalue weighted by Crippen LogP contribution is 2.15. The van der Waals surface area contributed by atoms with Gasteiger partial charge in [0.25, 0.3) is 0 Å². The summed E-state index contributed by atoms with van der Waals surface area (Å²) in [5.74, 6) is 0.678. The van der Waals surface area contributed by atoms with Gasteiger partial charge in [0.1, 0.15) is 5.84 Å². The predicted molar refractivity (Wildman–Crippen MR) is 76.2 cm³/mol. The van der Waals surface area contributed by atoms with Gasteiger partial charge in [-0.2, -0.15) is 0 Å². The summed E-state index contributed by atoms with van der Waals surface area (Å²) in [5, 5.41) is 8.43. The minimum Gasteiger partial charge on any atom is -0.352 e. The van der Waals surface area contributed by atoms with E-state index >= 15 is 0 Å². The molecule has 1 aromatic rings. The Morgan fingerprint density at radius 2 is 2.00 bits per heavy atom. The molecule has 0 amide bonds. The lowest BCUT2D eigenvalue weighted by Gasteiger charge is -2.32. The molecule has 0 aliphatic carbocycles. The number of hydrogen-bond donors (Lipinski definition) is 1. The van der Waals surface area contributed by atoms with Crippen LogP contribution in [0.1, 0.15) is 25.3 Å². The molecular weight excluding hydrogens is 222 g/mol. The first-order valence-electron chi connectivity index (χ1n) is 6.81. The van der Waals surface area contributed by atoms with E-state index < -0.39 is 0 Å². The molecule has 1 aromatic carbocycles. The van der Waals surface area contributed by atoms with Crippen molar-refractivity contribution in [1.82, 2.24) is 9.80 Å². The van der Waals surface area contributed by atoms with Crippen LogP contribution < -0.4 is 0 Å². The molecule has 1 saturated heterocycles. The van der Waals surface area contributed by atoms with Crippen molar-refractivity contribution in [2.24, 2.45) is 0 Å². The van der Waals surface area contributed by atoms with Crippen LogP contribution in [0.4, 0.5) is 0 Å². The molecule has 0 spiro atoms. The lowest BCUT2D eigenvalue weighted by Crippen LogP contribution is -2.43. The van der Waals surface area contributed by atoms with Gasteiger partial charge >= 0.3 is 0 Å². The summed E-state index contributed by atoms with van der Waals surface area (Å²) in [7, 11) is 2.18. The summed E-state index contributed by atoms with van der Waals surface area (Å²) in [6.45, 7) is 5.41. The van der Waals surface area contributed by atoms with Crippen LogP contribution in [-0.4, -0.2) is 48.4 Å². The van der Waals surface area contributed by atoms with Crippen molar-refractivity contribution >= 4 is 5.84 Å². The zero-order valence-corrected chi connectivity index (χ0v) is 11.4. The van der Waals surface area contributed by atoms with E-state index in [9.17, 15) is 0 Å². The monoisotopic (exact) mass is 245 g/mol. The molecule has 3 nitrogen and oxygen atoms in total. The Labute approximate surface area is 110 Å². The maximum Gasteiger partial charge on any atom is 0.128 e. The van der Waals surface area contributed by atoms with Gasteiger partial charge in [-0.05, 0) is 26.4 Å². The highest BCUT2D eigenvalue weighted by molar-refractivity contribution is 5.96. The quantitative estimate of drug-likeness (QED) is 0.641. The second kappa shape index (κ2) is 6.01. The third-order valence-electron chi connectivity index (χ3n) is 3.71. The van der Waals surface area contributed by atoms with Gasteiger partial charge in [-0.3, -0.25) is 5.41 Å². The van der Waals surface area contributed by atoms with E-state index in [0.29, 0.717) is 11.9 Å². The van der Waals surface area contributed by atoms with Gasteiger partial charge in [-0.25, -0.2) is 0 Å². The van der Waals surface area contributed by atoms with E-state index in [4.69, 9.17) is 5.41 Å². The Bertz CT molecular complexity index is 388. The summed E-state index contributed by atoms with van der Waals surface area (Å²) < 4.78 is 0. The maximum absolute atomic E-state index is 8.43. The van der Waals surface area contributed by atoms with Crippen molar-refractivity contribution in [2.75, 3.05) is 26.7 Å². The van der Waals surface area contributed by atoms with E-state index in [-0.39, 0.29) is 0 Å². The fourth-order valence-corrected chi connectivity index (χ4v) is 2.65. The van der Waals surface area contributed by atoms with Crippen LogP contribution in [0.5, 0.6) is 0 Å². The normalized spacial score (nSPS) is 21.7. The topological polar surface area (TPSA) is 30.3 Å². The number of benzene rings is 1. The lowest BCUT2D eigenvalue weighted by atomic mass is 10.1. The highest BCUT2D eigenvalue weighted by atomic mass is 15.3. The van der Waals surface area contributed by atoms with Gasteiger partial charge < -0.3 is 9.80 Å². The predicted octanol–water partition coefficient (Wildman–Crippen LogP) is 2.43. The molecule has 1 atom stereocenters. The zero-order chi connectivity index (χ0) is 13.0. The second-order valence-corrected chi connectivity index (χ2v) is 5.09. The van der Waals surface area contributed by atoms with E-state index in [1.165, 1.54) is 0 Å². The van der Waals surface area contributed by atoms with E-state index in [1.54, 1.807) is 0 Å². The molecule has 0 radical (unpaired) electrons. The molecule has 0 aromatic heterocycles. The number of amidine groups is 1. The van der Waals surface area contributed by atoms with Gasteiger partial charge in [0.2, 0.25) is 0 Å². The molecule has 0 bridgehead atoms. The SMILES string of the molecule is CCC1CN(C)CCCN1C(=N)c1ccccc1. The fraction of sp³-hybridized carbons (Fsp3) is 0.533. The maximum atomic E-state index is 8.43. The first kappa shape index (κ1) is 13.1. The summed E-state index contributed by atoms with van der Waals surface area (Å²) in [5.41, 5.74) is 1.03. The zero-order valence-electron chi connectivity index (χ0n) is 11.4. The van der Waals surface area contributed by atoms with E-state index in [0.717, 1.165) is 38.0 Å². The van der Waals surface area contributed by atoms with Gasteiger partial charge in [-0.1, -0.05) is 37.3 Å². The second-order valence-electron chi connectivity index (χ2n) is 5.09. The smallest absolute Gasteiger partial charge is 0.128 e. The number of rotatable bonds is 2. The minimum atomic E-state index is 0.463. The largest absolute Gasteiger partial charge is 0.352 e. The Morgan fingerprint density at radius 1 is 1.28 bits per heavy atom. The standard InChI is InChI=1S/C15H23N3/c1-3-14-12-17(2)10-7-11-18(14)15(16)13-8-5-4-6-9-13/h4-6,8-9,14,16H,3,7,10-12H2,1-2H3. The van der Waals surface area contributed by atoms with Crippen molar-refractivity contribution in [1.29, 1.82) is 5.41 Å². The van der Waals surface area contributed by atoms with Crippen LogP contribution in [0.15, 0.2) is 30.3 Å². The summed E-state index contributed by atoms with van der Waals surface area (Å²) in [6.07, 6.45) is 2.24. The van der Waals surface area contributed by atoms with Crippen LogP contribution in [0, 0.1) is 5.41 Å². The van der Waals surface area contributed by atoms with E-state index in [2.05, 4.69) is 23.8 Å². The molecule has 1 unspecified atom stereocenters. The number of nitrogens with one attached hydrogen (secondary N) is 1. The summed E-state index contributed by atoms with van der Waals surface area (Å²) >= 11 is 0. The Hall–Kier alpha value is -1.35. The van der Waals surface area contributed by atoms with Gasteiger partial charge in [0.05, 0.1) is 0 Å². The van der Waals surface area contributed by atoms with E-state index in [1.807, 2.05) is 30.3 Å². The molecule has 2 rings (SSSR count). The van der Waals surface area contributed by atoms with Gasteiger partial charge in [0.15, 0.2) is 0 Å². The summed E-state index contributed by atoms with van der Waals surface area (Å²) in [6, 6.07) is 10.5. The Balaban J connectivity index is 2.17. The number of nitrogens with zero attached hydrogens (tertiary/aromatic N) is 2. The minimum absolute atomic E-state index is 0.463. The fourth-order valence-electron chi connectivity index (χ4n) is 2.65. The van der Waals surface area contributed by atoms with Gasteiger partial charge in [-0.15, -0.1) is 0 Å². The van der Waals surface area contributed by atoms with Crippen molar-refractivity contribution in [2.45, 2.75) is 25.8 Å². The first-order chi connectivity index (χ1) is 8.72. The van der Waals surface area contributed by atoms with Crippen LogP contribution in [0.25, 0.3) is 0 Å². The number of hydrogen-bond acceptors (Lipinski definition) is 2. The third-order valence-corrected chi connectivity index (χ3v) is 3.71. The average molecular weight is 245 g/mol. The van der Waals surface area contributed by atoms with Crippen LogP contribution in [0.2, 0.25) is 0 Å². The van der Waals surface area contributed by atoms with Crippen molar-refractivity contribution < 1.29 is 0 Å². The van der Waals surface area contributed by atoms with Crippen LogP contribution in [-0.2, 0) is 0 Å². The van der Waals surface area contributed by atoms with Crippen molar-refractivity contribution in [3.8, 4) is 0 Å². The molecule has 1 N–H and O–H groups in total. The molecule has 98 valence electrons. The van der Waals surface area contributed by atoms with Crippen molar-refractivity contribution in [3.05, 3.63) is 35.9 Å². The van der Waals surface area contributed by atoms with Crippen LogP contribution >= 0.6 is 0 Å². The molecular formula is C15H23N3. The highest BCUT2D eigenvalue weighted by Gasteiger charge is 2.24. The molecule has 1 fully saturated rings. The Morgan fingerprint density at radius 3 is 2.67 bits per heavy atom. The molecule has 3 heteroatoms. The molecule has 0 saturated carbocycles. The molecule has 1 heterocycles. The van der Waals surface area contributed by atoms with Crippen LogP contribution in [0.3, 0.4) is 0 Å². The number of likely N-dealkylation sites (N-methyl/N-ethyl adjacent to an activating group) is 1. The van der Waals surface area contributed by atoms with Crippen molar-refractivity contribution in [3.63, 3.8) is 0 Å². The molecule has 1 aliphatic heterocycles. The summed E-state index contributed by atoms with van der Waals surface area (Å²) in [4.78, 5) is 4.66.